The van der Waals surface area contributed by atoms with Crippen molar-refractivity contribution in [3.63, 3.8) is 0 Å². The summed E-state index contributed by atoms with van der Waals surface area (Å²) in [5, 5.41) is 19.2. The van der Waals surface area contributed by atoms with Gasteiger partial charge >= 0.3 is 0 Å². The zero-order valence-electron chi connectivity index (χ0n) is 20.2. The smallest absolute Gasteiger partial charge is 0.224 e. The van der Waals surface area contributed by atoms with Crippen LogP contribution in [0.4, 0.5) is 26.4 Å². The van der Waals surface area contributed by atoms with Crippen molar-refractivity contribution in [3.8, 4) is 0 Å². The number of imidazole rings is 1. The van der Waals surface area contributed by atoms with Crippen molar-refractivity contribution in [1.29, 1.82) is 0 Å². The van der Waals surface area contributed by atoms with Crippen molar-refractivity contribution in [3.05, 3.63) is 36.0 Å². The van der Waals surface area contributed by atoms with Gasteiger partial charge in [0.05, 0.1) is 18.0 Å². The molecule has 2 aromatic heterocycles. The van der Waals surface area contributed by atoms with E-state index in [4.69, 9.17) is 4.98 Å². The Balaban J connectivity index is 1.46. The largest absolute Gasteiger partial charge is 0.393 e. The summed E-state index contributed by atoms with van der Waals surface area (Å²) >= 11 is 0. The van der Waals surface area contributed by atoms with Gasteiger partial charge in [-0.2, -0.15) is 4.98 Å². The first-order valence-corrected chi connectivity index (χ1v) is 12.5. The number of hydrogen-bond donors (Lipinski definition) is 4. The molecule has 1 amide bonds. The Morgan fingerprint density at radius 1 is 1.03 bits per heavy atom. The van der Waals surface area contributed by atoms with Crippen LogP contribution in [0.3, 0.4) is 0 Å². The van der Waals surface area contributed by atoms with Crippen LogP contribution in [0.25, 0.3) is 11.2 Å². The molecule has 9 nitrogen and oxygen atoms in total. The first-order valence-electron chi connectivity index (χ1n) is 12.5. The van der Waals surface area contributed by atoms with Gasteiger partial charge in [0.1, 0.15) is 17.2 Å². The Morgan fingerprint density at radius 2 is 1.75 bits per heavy atom. The highest BCUT2D eigenvalue weighted by Crippen LogP contribution is 2.35. The summed E-state index contributed by atoms with van der Waals surface area (Å²) in [6.07, 6.45) is 7.73. The van der Waals surface area contributed by atoms with E-state index in [2.05, 4.69) is 25.9 Å². The van der Waals surface area contributed by atoms with E-state index in [1.165, 1.54) is 19.1 Å². The Kier molecular flexibility index (Phi) is 6.99. The van der Waals surface area contributed by atoms with E-state index in [1.54, 1.807) is 6.20 Å². The summed E-state index contributed by atoms with van der Waals surface area (Å²) in [7, 11) is 0. The van der Waals surface area contributed by atoms with Gasteiger partial charge in [0.15, 0.2) is 5.65 Å². The van der Waals surface area contributed by atoms with Crippen molar-refractivity contribution < 1.29 is 18.7 Å². The maximum Gasteiger partial charge on any atom is 0.224 e. The highest BCUT2D eigenvalue weighted by atomic mass is 19.1. The van der Waals surface area contributed by atoms with E-state index in [-0.39, 0.29) is 35.8 Å². The van der Waals surface area contributed by atoms with Gasteiger partial charge in [-0.25, -0.2) is 18.7 Å². The third-order valence-electron chi connectivity index (χ3n) is 7.11. The molecule has 0 aliphatic heterocycles. The second-order valence-corrected chi connectivity index (χ2v) is 9.81. The molecule has 0 bridgehead atoms. The monoisotopic (exact) mass is 499 g/mol. The van der Waals surface area contributed by atoms with Gasteiger partial charge in [0.2, 0.25) is 17.8 Å². The number of carbonyl (C=O) groups excluding carboxylic acids is 1. The number of aromatic nitrogens is 4. The maximum atomic E-state index is 14.5. The first kappa shape index (κ1) is 24.4. The second-order valence-electron chi connectivity index (χ2n) is 9.81. The standard InChI is InChI=1S/C25H31F2N7O2/c1-14(35)29-16-3-7-18(8-4-16)34-23-22(32-25(34)31-21-11-2-15(26)12-20(21)27)13-28-24(33-23)30-17-5-9-19(36)10-6-17/h2,11-13,16-19,36H,3-10H2,1H3,(H,29,35)(H,31,32)(H,28,30,33)/t16-,17-,18-,19-. The number of nitrogens with zero attached hydrogens (tertiary/aromatic N) is 4. The lowest BCUT2D eigenvalue weighted by Crippen LogP contribution is -2.36. The molecule has 11 heteroatoms. The van der Waals surface area contributed by atoms with Crippen LogP contribution in [-0.2, 0) is 4.79 Å². The van der Waals surface area contributed by atoms with Crippen LogP contribution in [-0.4, -0.2) is 48.7 Å². The van der Waals surface area contributed by atoms with Crippen molar-refractivity contribution in [2.75, 3.05) is 10.6 Å². The quantitative estimate of drug-likeness (QED) is 0.402. The number of carbonyl (C=O) groups is 1. The van der Waals surface area contributed by atoms with Crippen LogP contribution in [0.15, 0.2) is 24.4 Å². The predicted molar refractivity (Wildman–Crippen MR) is 132 cm³/mol. The molecular formula is C25H31F2N7O2. The number of aliphatic hydroxyl groups is 1. The second kappa shape index (κ2) is 10.3. The summed E-state index contributed by atoms with van der Waals surface area (Å²) in [6.45, 7) is 1.52. The van der Waals surface area contributed by atoms with Crippen LogP contribution >= 0.6 is 0 Å². The molecule has 2 saturated carbocycles. The van der Waals surface area contributed by atoms with Crippen LogP contribution in [0.5, 0.6) is 0 Å². The lowest BCUT2D eigenvalue weighted by molar-refractivity contribution is -0.119. The van der Waals surface area contributed by atoms with Crippen molar-refractivity contribution in [2.45, 2.75) is 82.5 Å². The minimum atomic E-state index is -0.712. The van der Waals surface area contributed by atoms with Gasteiger partial charge < -0.3 is 21.1 Å². The van der Waals surface area contributed by atoms with Gasteiger partial charge in [-0.1, -0.05) is 0 Å². The van der Waals surface area contributed by atoms with Crippen molar-refractivity contribution in [2.24, 2.45) is 0 Å². The van der Waals surface area contributed by atoms with E-state index < -0.39 is 11.6 Å². The fourth-order valence-corrected chi connectivity index (χ4v) is 5.27. The van der Waals surface area contributed by atoms with Crippen LogP contribution in [0.2, 0.25) is 0 Å². The number of benzene rings is 1. The van der Waals surface area contributed by atoms with Gasteiger partial charge in [-0.3, -0.25) is 9.36 Å². The molecule has 2 fully saturated rings. The fourth-order valence-electron chi connectivity index (χ4n) is 5.27. The molecule has 0 saturated heterocycles. The molecule has 192 valence electrons. The van der Waals surface area contributed by atoms with Gasteiger partial charge in [0.25, 0.3) is 0 Å². The molecule has 3 aromatic rings. The Labute approximate surface area is 207 Å². The van der Waals surface area contributed by atoms with E-state index in [0.29, 0.717) is 23.1 Å². The zero-order valence-corrected chi connectivity index (χ0v) is 20.2. The fraction of sp³-hybridized carbons (Fsp3) is 0.520. The number of hydrogen-bond acceptors (Lipinski definition) is 7. The third kappa shape index (κ3) is 5.40. The van der Waals surface area contributed by atoms with E-state index in [0.717, 1.165) is 57.4 Å². The molecule has 0 radical (unpaired) electrons. The molecule has 0 atom stereocenters. The molecule has 2 heterocycles. The molecular weight excluding hydrogens is 468 g/mol. The van der Waals surface area contributed by atoms with E-state index >= 15 is 0 Å². The lowest BCUT2D eigenvalue weighted by Gasteiger charge is -2.30. The summed E-state index contributed by atoms with van der Waals surface area (Å²) < 4.78 is 29.9. The number of anilines is 3. The minimum Gasteiger partial charge on any atom is -0.393 e. The van der Waals surface area contributed by atoms with E-state index in [9.17, 15) is 18.7 Å². The number of nitrogens with one attached hydrogen (secondary N) is 3. The topological polar surface area (TPSA) is 117 Å². The molecule has 1 aromatic carbocycles. The molecule has 0 unspecified atom stereocenters. The van der Waals surface area contributed by atoms with Crippen LogP contribution < -0.4 is 16.0 Å². The first-order chi connectivity index (χ1) is 17.4. The number of halogens is 2. The van der Waals surface area contributed by atoms with Crippen molar-refractivity contribution >= 4 is 34.7 Å². The van der Waals surface area contributed by atoms with Crippen molar-refractivity contribution in [1.82, 2.24) is 24.8 Å². The highest BCUT2D eigenvalue weighted by molar-refractivity contribution is 5.77. The Hall–Kier alpha value is -3.34. The molecule has 2 aliphatic carbocycles. The normalized spacial score (nSPS) is 24.4. The van der Waals surface area contributed by atoms with Gasteiger partial charge in [-0.15, -0.1) is 0 Å². The third-order valence-corrected chi connectivity index (χ3v) is 7.11. The number of aliphatic hydroxyl groups excluding tert-OH is 1. The molecule has 36 heavy (non-hydrogen) atoms. The molecule has 0 spiro atoms. The SMILES string of the molecule is CC(=O)N[C@H]1CC[C@H](n2c(Nc3ccc(F)cc3F)nc3cnc(N[C@H]4CC[C@H](O)CC4)nc32)CC1. The number of rotatable bonds is 6. The molecule has 5 rings (SSSR count). The zero-order chi connectivity index (χ0) is 25.2. The summed E-state index contributed by atoms with van der Waals surface area (Å²) in [4.78, 5) is 25.4. The summed E-state index contributed by atoms with van der Waals surface area (Å²) in [6, 6.07) is 3.70. The molecule has 4 N–H and O–H groups in total. The lowest BCUT2D eigenvalue weighted by atomic mass is 9.91. The van der Waals surface area contributed by atoms with Crippen LogP contribution in [0, 0.1) is 11.6 Å². The maximum absolute atomic E-state index is 14.5. The summed E-state index contributed by atoms with van der Waals surface area (Å²) in [5.41, 5.74) is 1.30. The number of amides is 1. The Bertz CT molecular complexity index is 1230. The van der Waals surface area contributed by atoms with Crippen LogP contribution in [0.1, 0.15) is 64.3 Å². The average Bonchev–Trinajstić information content (AvgIpc) is 3.20. The molecule has 2 aliphatic rings. The number of fused-ring (bicyclic) bond motifs is 1. The Morgan fingerprint density at radius 3 is 2.44 bits per heavy atom. The minimum absolute atomic E-state index is 0.0265. The average molecular weight is 500 g/mol. The summed E-state index contributed by atoms with van der Waals surface area (Å²) in [5.74, 6) is -0.517. The van der Waals surface area contributed by atoms with Gasteiger partial charge in [0, 0.05) is 31.1 Å². The van der Waals surface area contributed by atoms with E-state index in [1.807, 2.05) is 4.57 Å². The predicted octanol–water partition coefficient (Wildman–Crippen LogP) is 4.18. The van der Waals surface area contributed by atoms with Gasteiger partial charge in [-0.05, 0) is 63.5 Å². The highest BCUT2D eigenvalue weighted by Gasteiger charge is 2.28.